The summed E-state index contributed by atoms with van der Waals surface area (Å²) < 4.78 is 27.5. The van der Waals surface area contributed by atoms with Crippen LogP contribution >= 0.6 is 0 Å². The summed E-state index contributed by atoms with van der Waals surface area (Å²) >= 11 is 0. The molecule has 4 nitrogen and oxygen atoms in total. The van der Waals surface area contributed by atoms with Crippen molar-refractivity contribution in [2.75, 3.05) is 0 Å². The quantitative estimate of drug-likeness (QED) is 0.844. The molecule has 1 aromatic carbocycles. The van der Waals surface area contributed by atoms with Gasteiger partial charge in [0.2, 0.25) is 0 Å². The number of nitrogens with one attached hydrogen (secondary N) is 1. The minimum atomic E-state index is -0.813. The van der Waals surface area contributed by atoms with Gasteiger partial charge in [0.05, 0.1) is 5.69 Å². The highest BCUT2D eigenvalue weighted by molar-refractivity contribution is 5.36. The highest BCUT2D eigenvalue weighted by atomic mass is 19.1. The molecule has 3 rings (SSSR count). The van der Waals surface area contributed by atoms with Crippen molar-refractivity contribution >= 4 is 0 Å². The predicted molar refractivity (Wildman–Crippen MR) is 64.6 cm³/mol. The Hall–Kier alpha value is -2.24. The SMILES string of the molecule is O=c1[nH]c2c(c(=O)n1-c1cc(F)ccc1F)CCC2. The highest BCUT2D eigenvalue weighted by Gasteiger charge is 2.20. The van der Waals surface area contributed by atoms with Gasteiger partial charge in [0, 0.05) is 17.3 Å². The van der Waals surface area contributed by atoms with Crippen molar-refractivity contribution in [3.63, 3.8) is 0 Å². The van der Waals surface area contributed by atoms with Crippen molar-refractivity contribution in [2.24, 2.45) is 0 Å². The van der Waals surface area contributed by atoms with Crippen LogP contribution in [0.4, 0.5) is 8.78 Å². The number of aromatic nitrogens is 2. The molecule has 2 aromatic rings. The first-order chi connectivity index (χ1) is 9.08. The van der Waals surface area contributed by atoms with E-state index in [1.807, 2.05) is 0 Å². The summed E-state index contributed by atoms with van der Waals surface area (Å²) in [4.78, 5) is 26.6. The first kappa shape index (κ1) is 11.8. The molecule has 0 bridgehead atoms. The van der Waals surface area contributed by atoms with Crippen molar-refractivity contribution < 1.29 is 8.78 Å². The van der Waals surface area contributed by atoms with E-state index in [2.05, 4.69) is 4.98 Å². The van der Waals surface area contributed by atoms with Crippen LogP contribution in [-0.2, 0) is 12.8 Å². The van der Waals surface area contributed by atoms with Crippen molar-refractivity contribution in [1.29, 1.82) is 0 Å². The second kappa shape index (κ2) is 4.15. The van der Waals surface area contributed by atoms with E-state index in [9.17, 15) is 18.4 Å². The molecule has 1 aromatic heterocycles. The first-order valence-corrected chi connectivity index (χ1v) is 5.90. The Balaban J connectivity index is 2.35. The van der Waals surface area contributed by atoms with Crippen LogP contribution in [0.2, 0.25) is 0 Å². The maximum absolute atomic E-state index is 13.7. The van der Waals surface area contributed by atoms with Crippen molar-refractivity contribution in [3.05, 3.63) is 61.9 Å². The van der Waals surface area contributed by atoms with Crippen LogP contribution in [0.1, 0.15) is 17.7 Å². The Labute approximate surface area is 106 Å². The fraction of sp³-hybridized carbons (Fsp3) is 0.231. The summed E-state index contributed by atoms with van der Waals surface area (Å²) in [5.41, 5.74) is -0.594. The molecule has 1 N–H and O–H groups in total. The van der Waals surface area contributed by atoms with Gasteiger partial charge in [0.1, 0.15) is 11.6 Å². The van der Waals surface area contributed by atoms with Gasteiger partial charge in [0.15, 0.2) is 0 Å². The van der Waals surface area contributed by atoms with Gasteiger partial charge in [-0.2, -0.15) is 0 Å². The zero-order chi connectivity index (χ0) is 13.6. The van der Waals surface area contributed by atoms with Gasteiger partial charge in [-0.3, -0.25) is 4.79 Å². The van der Waals surface area contributed by atoms with E-state index in [-0.39, 0.29) is 5.69 Å². The molecular weight excluding hydrogens is 254 g/mol. The minimum Gasteiger partial charge on any atom is -0.310 e. The number of H-pyrrole nitrogens is 1. The highest BCUT2D eigenvalue weighted by Crippen LogP contribution is 2.16. The van der Waals surface area contributed by atoms with Crippen LogP contribution in [-0.4, -0.2) is 9.55 Å². The average Bonchev–Trinajstić information content (AvgIpc) is 2.82. The van der Waals surface area contributed by atoms with E-state index in [0.29, 0.717) is 28.7 Å². The number of benzene rings is 1. The Morgan fingerprint density at radius 3 is 2.74 bits per heavy atom. The zero-order valence-corrected chi connectivity index (χ0v) is 9.87. The number of aromatic amines is 1. The lowest BCUT2D eigenvalue weighted by molar-refractivity contribution is 0.587. The number of aryl methyl sites for hydroxylation is 1. The second-order valence-electron chi connectivity index (χ2n) is 4.48. The molecule has 0 saturated heterocycles. The van der Waals surface area contributed by atoms with Gasteiger partial charge in [-0.15, -0.1) is 0 Å². The molecule has 19 heavy (non-hydrogen) atoms. The fourth-order valence-corrected chi connectivity index (χ4v) is 2.41. The van der Waals surface area contributed by atoms with Crippen LogP contribution in [0.25, 0.3) is 5.69 Å². The molecule has 0 spiro atoms. The minimum absolute atomic E-state index is 0.360. The summed E-state index contributed by atoms with van der Waals surface area (Å²) in [6.45, 7) is 0. The van der Waals surface area contributed by atoms with Crippen LogP contribution in [0.3, 0.4) is 0 Å². The third-order valence-corrected chi connectivity index (χ3v) is 3.29. The molecule has 6 heteroatoms. The van der Waals surface area contributed by atoms with Crippen molar-refractivity contribution in [3.8, 4) is 5.69 Å². The van der Waals surface area contributed by atoms with Gasteiger partial charge in [-0.25, -0.2) is 18.1 Å². The van der Waals surface area contributed by atoms with Crippen LogP contribution < -0.4 is 11.2 Å². The molecule has 0 fully saturated rings. The summed E-state index contributed by atoms with van der Waals surface area (Å²) in [6, 6.07) is 2.67. The fourth-order valence-electron chi connectivity index (χ4n) is 2.41. The summed E-state index contributed by atoms with van der Waals surface area (Å²) in [5.74, 6) is -1.52. The smallest absolute Gasteiger partial charge is 0.310 e. The molecule has 1 heterocycles. The average molecular weight is 264 g/mol. The standard InChI is InChI=1S/C13H10F2N2O2/c14-7-4-5-9(15)11(6-7)17-12(18)8-2-1-3-10(8)16-13(17)19/h4-6H,1-3H2,(H,16,19). The lowest BCUT2D eigenvalue weighted by Gasteiger charge is -2.08. The number of rotatable bonds is 1. The van der Waals surface area contributed by atoms with Crippen molar-refractivity contribution in [2.45, 2.75) is 19.3 Å². The molecule has 98 valence electrons. The van der Waals surface area contributed by atoms with Crippen molar-refractivity contribution in [1.82, 2.24) is 9.55 Å². The molecule has 0 radical (unpaired) electrons. The summed E-state index contributed by atoms with van der Waals surface area (Å²) in [5, 5.41) is 0. The number of fused-ring (bicyclic) bond motifs is 1. The normalized spacial score (nSPS) is 13.6. The Morgan fingerprint density at radius 1 is 1.16 bits per heavy atom. The lowest BCUT2D eigenvalue weighted by atomic mass is 10.2. The van der Waals surface area contributed by atoms with Gasteiger partial charge < -0.3 is 4.98 Å². The van der Waals surface area contributed by atoms with E-state index in [4.69, 9.17) is 0 Å². The van der Waals surface area contributed by atoms with Gasteiger partial charge in [0.25, 0.3) is 5.56 Å². The number of hydrogen-bond donors (Lipinski definition) is 1. The maximum Gasteiger partial charge on any atom is 0.333 e. The lowest BCUT2D eigenvalue weighted by Crippen LogP contribution is -2.36. The Kier molecular flexibility index (Phi) is 2.58. The Bertz CT molecular complexity index is 777. The van der Waals surface area contributed by atoms with Crippen LogP contribution in [0.5, 0.6) is 0 Å². The third kappa shape index (κ3) is 1.80. The molecule has 0 unspecified atom stereocenters. The molecule has 1 aliphatic rings. The molecule has 0 aliphatic heterocycles. The number of hydrogen-bond acceptors (Lipinski definition) is 2. The predicted octanol–water partition coefficient (Wildman–Crippen LogP) is 1.29. The van der Waals surface area contributed by atoms with Gasteiger partial charge in [-0.05, 0) is 31.4 Å². The third-order valence-electron chi connectivity index (χ3n) is 3.29. The summed E-state index contributed by atoms with van der Waals surface area (Å²) in [6.07, 6.45) is 1.95. The van der Waals surface area contributed by atoms with E-state index in [1.165, 1.54) is 0 Å². The van der Waals surface area contributed by atoms with E-state index in [1.54, 1.807) is 0 Å². The first-order valence-electron chi connectivity index (χ1n) is 5.90. The molecule has 0 atom stereocenters. The number of nitrogens with zero attached hydrogens (tertiary/aromatic N) is 1. The second-order valence-corrected chi connectivity index (χ2v) is 4.48. The summed E-state index contributed by atoms with van der Waals surface area (Å²) in [7, 11) is 0. The topological polar surface area (TPSA) is 54.9 Å². The van der Waals surface area contributed by atoms with E-state index >= 15 is 0 Å². The molecule has 0 saturated carbocycles. The largest absolute Gasteiger partial charge is 0.333 e. The molecular formula is C13H10F2N2O2. The maximum atomic E-state index is 13.7. The van der Waals surface area contributed by atoms with E-state index < -0.39 is 22.9 Å². The van der Waals surface area contributed by atoms with Gasteiger partial charge >= 0.3 is 5.69 Å². The molecule has 1 aliphatic carbocycles. The van der Waals surface area contributed by atoms with Gasteiger partial charge in [-0.1, -0.05) is 0 Å². The monoisotopic (exact) mass is 264 g/mol. The van der Waals surface area contributed by atoms with E-state index in [0.717, 1.165) is 24.6 Å². The Morgan fingerprint density at radius 2 is 1.95 bits per heavy atom. The van der Waals surface area contributed by atoms with Crippen LogP contribution in [0.15, 0.2) is 27.8 Å². The number of halogens is 2. The van der Waals surface area contributed by atoms with Crippen LogP contribution in [0, 0.1) is 11.6 Å². The molecule has 0 amide bonds. The zero-order valence-electron chi connectivity index (χ0n) is 9.87.